The minimum absolute atomic E-state index is 0.120. The van der Waals surface area contributed by atoms with Crippen molar-refractivity contribution in [2.75, 3.05) is 10.5 Å². The van der Waals surface area contributed by atoms with Crippen LogP contribution in [-0.2, 0) is 10.0 Å². The Kier molecular flexibility index (Phi) is 3.51. The van der Waals surface area contributed by atoms with E-state index in [-0.39, 0.29) is 28.0 Å². The second-order valence-electron chi connectivity index (χ2n) is 4.19. The van der Waals surface area contributed by atoms with Crippen LogP contribution in [0, 0.1) is 24.0 Å². The van der Waals surface area contributed by atoms with Crippen LogP contribution in [0.5, 0.6) is 0 Å². The first-order valence-corrected chi connectivity index (χ1v) is 7.06. The van der Waals surface area contributed by atoms with Gasteiger partial charge in [-0.25, -0.2) is 13.1 Å². The molecule has 11 heteroatoms. The topological polar surface area (TPSA) is 154 Å². The first-order valence-electron chi connectivity index (χ1n) is 5.58. The van der Waals surface area contributed by atoms with Crippen molar-refractivity contribution in [1.29, 1.82) is 0 Å². The molecule has 0 saturated heterocycles. The van der Waals surface area contributed by atoms with E-state index in [0.29, 0.717) is 0 Å². The first-order chi connectivity index (χ1) is 9.70. The summed E-state index contributed by atoms with van der Waals surface area (Å²) in [6, 6.07) is 1.77. The highest BCUT2D eigenvalue weighted by molar-refractivity contribution is 7.92. The molecule has 1 aromatic carbocycles. The highest BCUT2D eigenvalue weighted by atomic mass is 32.2. The zero-order chi connectivity index (χ0) is 15.8. The Hall–Kier alpha value is -2.69. The van der Waals surface area contributed by atoms with Gasteiger partial charge in [-0.15, -0.1) is 0 Å². The van der Waals surface area contributed by atoms with Gasteiger partial charge in [0.05, 0.1) is 9.82 Å². The van der Waals surface area contributed by atoms with Crippen molar-refractivity contribution in [3.05, 3.63) is 33.6 Å². The molecule has 0 saturated carbocycles. The Morgan fingerprint density at radius 1 is 1.38 bits per heavy atom. The van der Waals surface area contributed by atoms with Gasteiger partial charge in [-0.05, 0) is 25.5 Å². The van der Waals surface area contributed by atoms with Gasteiger partial charge in [-0.2, -0.15) is 4.98 Å². The molecule has 0 aliphatic rings. The zero-order valence-corrected chi connectivity index (χ0v) is 11.8. The van der Waals surface area contributed by atoms with Gasteiger partial charge in [0.25, 0.3) is 15.7 Å². The third-order valence-electron chi connectivity index (χ3n) is 2.56. The molecule has 21 heavy (non-hydrogen) atoms. The Morgan fingerprint density at radius 3 is 2.57 bits per heavy atom. The minimum Gasteiger partial charge on any atom is -0.393 e. The smallest absolute Gasteiger partial charge is 0.335 e. The van der Waals surface area contributed by atoms with E-state index in [4.69, 9.17) is 5.73 Å². The molecule has 0 spiro atoms. The van der Waals surface area contributed by atoms with Crippen LogP contribution in [0.2, 0.25) is 0 Å². The van der Waals surface area contributed by atoms with Gasteiger partial charge >= 0.3 is 6.01 Å². The number of aryl methyl sites for hydroxylation is 2. The summed E-state index contributed by atoms with van der Waals surface area (Å²) in [7, 11) is -4.11. The summed E-state index contributed by atoms with van der Waals surface area (Å²) in [6.07, 6.45) is 0. The maximum atomic E-state index is 12.2. The lowest BCUT2D eigenvalue weighted by molar-refractivity contribution is -0.384. The molecular weight excluding hydrogens is 302 g/mol. The lowest BCUT2D eigenvalue weighted by atomic mass is 10.2. The monoisotopic (exact) mass is 313 g/mol. The number of nitrogen functional groups attached to an aromatic ring is 1. The highest BCUT2D eigenvalue weighted by Crippen LogP contribution is 2.29. The largest absolute Gasteiger partial charge is 0.393 e. The fourth-order valence-corrected chi connectivity index (χ4v) is 2.83. The molecule has 0 fully saturated rings. The number of rotatable bonds is 4. The van der Waals surface area contributed by atoms with E-state index in [9.17, 15) is 18.5 Å². The molecule has 2 aromatic rings. The van der Waals surface area contributed by atoms with Crippen molar-refractivity contribution < 1.29 is 17.9 Å². The molecule has 1 heterocycles. The Bertz CT molecular complexity index is 813. The van der Waals surface area contributed by atoms with Crippen LogP contribution >= 0.6 is 0 Å². The third-order valence-corrected chi connectivity index (χ3v) is 4.02. The molecule has 0 bridgehead atoms. The van der Waals surface area contributed by atoms with Crippen molar-refractivity contribution in [2.24, 2.45) is 0 Å². The molecular formula is C10H11N5O5S. The van der Waals surface area contributed by atoms with E-state index in [1.54, 1.807) is 0 Å². The summed E-state index contributed by atoms with van der Waals surface area (Å²) in [5.74, 6) is 0.243. The van der Waals surface area contributed by atoms with E-state index in [2.05, 4.69) is 19.4 Å². The van der Waals surface area contributed by atoms with Gasteiger partial charge in [-0.1, -0.05) is 5.16 Å². The Morgan fingerprint density at radius 2 is 2.05 bits per heavy atom. The molecule has 0 radical (unpaired) electrons. The van der Waals surface area contributed by atoms with Crippen molar-refractivity contribution in [1.82, 2.24) is 10.1 Å². The fourth-order valence-electron chi connectivity index (χ4n) is 1.66. The number of nitro benzene ring substituents is 1. The predicted molar refractivity (Wildman–Crippen MR) is 72.1 cm³/mol. The number of nitrogens with one attached hydrogen (secondary N) is 1. The van der Waals surface area contributed by atoms with Crippen LogP contribution in [-0.4, -0.2) is 23.5 Å². The van der Waals surface area contributed by atoms with Crippen LogP contribution < -0.4 is 10.5 Å². The number of nitrogens with zero attached hydrogens (tertiary/aromatic N) is 3. The number of nitro groups is 1. The van der Waals surface area contributed by atoms with E-state index < -0.39 is 20.6 Å². The molecule has 10 nitrogen and oxygen atoms in total. The minimum atomic E-state index is -4.11. The molecule has 0 amide bonds. The summed E-state index contributed by atoms with van der Waals surface area (Å²) >= 11 is 0. The first kappa shape index (κ1) is 14.7. The average molecular weight is 313 g/mol. The number of hydrogen-bond acceptors (Lipinski definition) is 8. The second kappa shape index (κ2) is 5.01. The molecule has 0 unspecified atom stereocenters. The number of aromatic nitrogens is 2. The average Bonchev–Trinajstić information content (AvgIpc) is 2.72. The van der Waals surface area contributed by atoms with Gasteiger partial charge in [0.1, 0.15) is 5.69 Å². The highest BCUT2D eigenvalue weighted by Gasteiger charge is 2.24. The standard InChI is InChI=1S/C10H11N5O5S/c1-5-3-7(11)8(15(16)17)4-9(5)21(18,19)14-10-12-6(2)13-20-10/h3-4H,11H2,1-2H3,(H,12,13,14). The summed E-state index contributed by atoms with van der Waals surface area (Å²) in [5, 5.41) is 14.3. The van der Waals surface area contributed by atoms with Crippen LogP contribution in [0.25, 0.3) is 0 Å². The summed E-state index contributed by atoms with van der Waals surface area (Å²) in [4.78, 5) is 13.5. The normalized spacial score (nSPS) is 11.3. The van der Waals surface area contributed by atoms with Crippen LogP contribution in [0.15, 0.2) is 21.6 Å². The second-order valence-corrected chi connectivity index (χ2v) is 5.84. The lowest BCUT2D eigenvalue weighted by Gasteiger charge is -2.08. The van der Waals surface area contributed by atoms with Crippen molar-refractivity contribution in [3.63, 3.8) is 0 Å². The molecule has 0 aliphatic heterocycles. The molecule has 0 aliphatic carbocycles. The molecule has 112 valence electrons. The number of nitrogens with two attached hydrogens (primary N) is 1. The summed E-state index contributed by atoms with van der Waals surface area (Å²) in [5.41, 5.74) is 5.13. The third kappa shape index (κ3) is 2.91. The van der Waals surface area contributed by atoms with Gasteiger partial charge in [0.15, 0.2) is 5.82 Å². The van der Waals surface area contributed by atoms with Crippen molar-refractivity contribution in [2.45, 2.75) is 18.7 Å². The maximum absolute atomic E-state index is 12.2. The van der Waals surface area contributed by atoms with E-state index in [1.165, 1.54) is 19.9 Å². The predicted octanol–water partition coefficient (Wildman–Crippen LogP) is 0.978. The van der Waals surface area contributed by atoms with Crippen LogP contribution in [0.3, 0.4) is 0 Å². The van der Waals surface area contributed by atoms with Gasteiger partial charge in [-0.3, -0.25) is 10.1 Å². The quantitative estimate of drug-likeness (QED) is 0.480. The van der Waals surface area contributed by atoms with E-state index in [1.807, 2.05) is 0 Å². The molecule has 0 atom stereocenters. The van der Waals surface area contributed by atoms with E-state index >= 15 is 0 Å². The van der Waals surface area contributed by atoms with E-state index in [0.717, 1.165) is 6.07 Å². The number of anilines is 2. The Balaban J connectivity index is 2.49. The zero-order valence-electron chi connectivity index (χ0n) is 11.0. The summed E-state index contributed by atoms with van der Waals surface area (Å²) in [6.45, 7) is 2.98. The van der Waals surface area contributed by atoms with Gasteiger partial charge in [0.2, 0.25) is 0 Å². The van der Waals surface area contributed by atoms with Crippen LogP contribution in [0.4, 0.5) is 17.4 Å². The van der Waals surface area contributed by atoms with Crippen molar-refractivity contribution in [3.8, 4) is 0 Å². The van der Waals surface area contributed by atoms with Crippen LogP contribution in [0.1, 0.15) is 11.4 Å². The molecule has 2 rings (SSSR count). The number of benzene rings is 1. The number of hydrogen-bond donors (Lipinski definition) is 2. The molecule has 1 aromatic heterocycles. The summed E-state index contributed by atoms with van der Waals surface area (Å²) < 4.78 is 31.1. The molecule has 3 N–H and O–H groups in total. The number of sulfonamides is 1. The lowest BCUT2D eigenvalue weighted by Crippen LogP contribution is -2.15. The van der Waals surface area contributed by atoms with Gasteiger partial charge < -0.3 is 10.3 Å². The maximum Gasteiger partial charge on any atom is 0.335 e. The SMILES string of the molecule is Cc1noc(NS(=O)(=O)c2cc([N+](=O)[O-])c(N)cc2C)n1. The van der Waals surface area contributed by atoms with Crippen molar-refractivity contribution >= 4 is 27.4 Å². The Labute approximate surface area is 119 Å². The fraction of sp³-hybridized carbons (Fsp3) is 0.200. The van der Waals surface area contributed by atoms with Gasteiger partial charge in [0, 0.05) is 6.07 Å².